The third-order valence-electron chi connectivity index (χ3n) is 4.54. The fourth-order valence-electron chi connectivity index (χ4n) is 3.06. The molecule has 1 N–H and O–H groups in total. The second-order valence-corrected chi connectivity index (χ2v) is 5.89. The summed E-state index contributed by atoms with van der Waals surface area (Å²) >= 11 is 0. The summed E-state index contributed by atoms with van der Waals surface area (Å²) in [5.74, 6) is 1.41. The predicted molar refractivity (Wildman–Crippen MR) is 73.7 cm³/mol. The molecule has 4 atom stereocenters. The van der Waals surface area contributed by atoms with Crippen LogP contribution in [0.15, 0.2) is 24.3 Å². The highest BCUT2D eigenvalue weighted by Gasteiger charge is 2.31. The molecule has 0 aliphatic heterocycles. The molecule has 1 fully saturated rings. The van der Waals surface area contributed by atoms with Crippen LogP contribution in [0.5, 0.6) is 5.75 Å². The average Bonchev–Trinajstić information content (AvgIpc) is 2.41. The summed E-state index contributed by atoms with van der Waals surface area (Å²) in [7, 11) is 0. The van der Waals surface area contributed by atoms with Crippen LogP contribution < -0.4 is 4.74 Å². The van der Waals surface area contributed by atoms with Gasteiger partial charge in [-0.2, -0.15) is 8.78 Å². The van der Waals surface area contributed by atoms with Crippen LogP contribution in [0.2, 0.25) is 0 Å². The van der Waals surface area contributed by atoms with Crippen LogP contribution in [-0.4, -0.2) is 11.7 Å². The molecular weight excluding hydrogens is 262 g/mol. The van der Waals surface area contributed by atoms with Crippen molar-refractivity contribution in [2.45, 2.75) is 45.8 Å². The maximum atomic E-state index is 12.4. The standard InChI is InChI=1S/C16H22F2O2/c1-10-7-8-12(9-11(10)2)15(19)13-5-3-4-6-14(13)20-16(17)18/h3-6,10-12,15-16,19H,7-9H2,1-2H3. The monoisotopic (exact) mass is 284 g/mol. The summed E-state index contributed by atoms with van der Waals surface area (Å²) in [6.07, 6.45) is 2.18. The third-order valence-corrected chi connectivity index (χ3v) is 4.54. The number of aliphatic hydroxyl groups excluding tert-OH is 1. The van der Waals surface area contributed by atoms with Crippen molar-refractivity contribution in [3.8, 4) is 5.75 Å². The lowest BCUT2D eigenvalue weighted by molar-refractivity contribution is -0.0527. The van der Waals surface area contributed by atoms with Gasteiger partial charge in [-0.25, -0.2) is 0 Å². The van der Waals surface area contributed by atoms with Crippen molar-refractivity contribution in [3.63, 3.8) is 0 Å². The number of hydrogen-bond acceptors (Lipinski definition) is 2. The summed E-state index contributed by atoms with van der Waals surface area (Å²) in [6.45, 7) is 1.54. The number of rotatable bonds is 4. The zero-order valence-electron chi connectivity index (χ0n) is 11.9. The van der Waals surface area contributed by atoms with Gasteiger partial charge in [-0.3, -0.25) is 0 Å². The van der Waals surface area contributed by atoms with Crippen LogP contribution >= 0.6 is 0 Å². The van der Waals surface area contributed by atoms with Gasteiger partial charge >= 0.3 is 6.61 Å². The first kappa shape index (κ1) is 15.2. The molecule has 1 aromatic rings. The summed E-state index contributed by atoms with van der Waals surface area (Å²) < 4.78 is 29.3. The van der Waals surface area contributed by atoms with E-state index in [1.54, 1.807) is 18.2 Å². The molecule has 112 valence electrons. The van der Waals surface area contributed by atoms with Crippen molar-refractivity contribution in [1.29, 1.82) is 0 Å². The molecule has 4 heteroatoms. The summed E-state index contributed by atoms with van der Waals surface area (Å²) in [6, 6.07) is 6.54. The highest BCUT2D eigenvalue weighted by Crippen LogP contribution is 2.41. The molecule has 2 rings (SSSR count). The van der Waals surface area contributed by atoms with Crippen LogP contribution in [0, 0.1) is 17.8 Å². The van der Waals surface area contributed by atoms with E-state index in [0.717, 1.165) is 19.3 Å². The van der Waals surface area contributed by atoms with E-state index in [-0.39, 0.29) is 11.7 Å². The van der Waals surface area contributed by atoms with Gasteiger partial charge in [0.15, 0.2) is 0 Å². The maximum Gasteiger partial charge on any atom is 0.387 e. The van der Waals surface area contributed by atoms with E-state index in [4.69, 9.17) is 0 Å². The summed E-state index contributed by atoms with van der Waals surface area (Å²) in [5, 5.41) is 10.5. The van der Waals surface area contributed by atoms with Gasteiger partial charge in [0.25, 0.3) is 0 Å². The molecule has 1 saturated carbocycles. The number of benzene rings is 1. The van der Waals surface area contributed by atoms with E-state index in [1.165, 1.54) is 6.07 Å². The average molecular weight is 284 g/mol. The lowest BCUT2D eigenvalue weighted by Crippen LogP contribution is -2.25. The van der Waals surface area contributed by atoms with Gasteiger partial charge < -0.3 is 9.84 Å². The molecule has 0 amide bonds. The normalized spacial score (nSPS) is 28.4. The highest BCUT2D eigenvalue weighted by molar-refractivity contribution is 5.35. The molecule has 0 radical (unpaired) electrons. The zero-order chi connectivity index (χ0) is 14.7. The van der Waals surface area contributed by atoms with Gasteiger partial charge in [0, 0.05) is 5.56 Å². The molecule has 20 heavy (non-hydrogen) atoms. The summed E-state index contributed by atoms with van der Waals surface area (Å²) in [4.78, 5) is 0. The molecule has 0 spiro atoms. The van der Waals surface area contributed by atoms with Crippen molar-refractivity contribution in [1.82, 2.24) is 0 Å². The van der Waals surface area contributed by atoms with Crippen molar-refractivity contribution >= 4 is 0 Å². The zero-order valence-corrected chi connectivity index (χ0v) is 11.9. The van der Waals surface area contributed by atoms with Crippen molar-refractivity contribution in [3.05, 3.63) is 29.8 Å². The lowest BCUT2D eigenvalue weighted by Gasteiger charge is -2.35. The third kappa shape index (κ3) is 3.48. The lowest BCUT2D eigenvalue weighted by atomic mass is 9.73. The van der Waals surface area contributed by atoms with E-state index in [0.29, 0.717) is 17.4 Å². The minimum Gasteiger partial charge on any atom is -0.434 e. The first-order chi connectivity index (χ1) is 9.49. The molecule has 0 aromatic heterocycles. The van der Waals surface area contributed by atoms with Gasteiger partial charge in [0.2, 0.25) is 0 Å². The fraction of sp³-hybridized carbons (Fsp3) is 0.625. The van der Waals surface area contributed by atoms with Crippen LogP contribution in [-0.2, 0) is 0 Å². The first-order valence-corrected chi connectivity index (χ1v) is 7.20. The number of para-hydroxylation sites is 1. The number of alkyl halides is 2. The number of hydrogen-bond donors (Lipinski definition) is 1. The predicted octanol–water partition coefficient (Wildman–Crippen LogP) is 4.39. The Labute approximate surface area is 118 Å². The van der Waals surface area contributed by atoms with Gasteiger partial charge in [-0.15, -0.1) is 0 Å². The smallest absolute Gasteiger partial charge is 0.387 e. The Hall–Kier alpha value is -1.16. The Balaban J connectivity index is 2.14. The molecule has 0 saturated heterocycles. The number of ether oxygens (including phenoxy) is 1. The van der Waals surface area contributed by atoms with E-state index in [1.807, 2.05) is 0 Å². The van der Waals surface area contributed by atoms with Crippen LogP contribution in [0.1, 0.15) is 44.8 Å². The maximum absolute atomic E-state index is 12.4. The molecular formula is C16H22F2O2. The Morgan fingerprint density at radius 3 is 2.50 bits per heavy atom. The van der Waals surface area contributed by atoms with E-state index >= 15 is 0 Å². The Morgan fingerprint density at radius 1 is 1.15 bits per heavy atom. The molecule has 4 unspecified atom stereocenters. The minimum atomic E-state index is -2.87. The van der Waals surface area contributed by atoms with E-state index < -0.39 is 12.7 Å². The molecule has 2 nitrogen and oxygen atoms in total. The Morgan fingerprint density at radius 2 is 1.85 bits per heavy atom. The first-order valence-electron chi connectivity index (χ1n) is 7.20. The van der Waals surface area contributed by atoms with Crippen LogP contribution in [0.3, 0.4) is 0 Å². The van der Waals surface area contributed by atoms with Crippen molar-refractivity contribution in [2.75, 3.05) is 0 Å². The van der Waals surface area contributed by atoms with Gasteiger partial charge in [-0.05, 0) is 36.7 Å². The van der Waals surface area contributed by atoms with Gasteiger partial charge in [-0.1, -0.05) is 38.5 Å². The van der Waals surface area contributed by atoms with Crippen LogP contribution in [0.4, 0.5) is 8.78 Å². The fourth-order valence-corrected chi connectivity index (χ4v) is 3.06. The second-order valence-electron chi connectivity index (χ2n) is 5.89. The minimum absolute atomic E-state index is 0.0845. The second kappa shape index (κ2) is 6.53. The van der Waals surface area contributed by atoms with Gasteiger partial charge in [0.1, 0.15) is 5.75 Å². The Bertz CT molecular complexity index is 436. The Kier molecular flexibility index (Phi) is 4.97. The largest absolute Gasteiger partial charge is 0.434 e. The SMILES string of the molecule is CC1CCC(C(O)c2ccccc2OC(F)F)CC1C. The summed E-state index contributed by atoms with van der Waals surface area (Å²) in [5.41, 5.74) is 0.472. The van der Waals surface area contributed by atoms with Gasteiger partial charge in [0.05, 0.1) is 6.10 Å². The number of aliphatic hydroxyl groups is 1. The molecule has 1 aromatic carbocycles. The topological polar surface area (TPSA) is 29.5 Å². The molecule has 1 aliphatic carbocycles. The quantitative estimate of drug-likeness (QED) is 0.888. The van der Waals surface area contributed by atoms with Crippen molar-refractivity contribution < 1.29 is 18.6 Å². The van der Waals surface area contributed by atoms with Crippen LogP contribution in [0.25, 0.3) is 0 Å². The number of halogens is 2. The molecule has 0 heterocycles. The van der Waals surface area contributed by atoms with E-state index in [9.17, 15) is 13.9 Å². The molecule has 0 bridgehead atoms. The molecule has 1 aliphatic rings. The highest BCUT2D eigenvalue weighted by atomic mass is 19.3. The van der Waals surface area contributed by atoms with E-state index in [2.05, 4.69) is 18.6 Å². The van der Waals surface area contributed by atoms with Crippen molar-refractivity contribution in [2.24, 2.45) is 17.8 Å².